The maximum Gasteiger partial charge on any atom is 0.251 e. The maximum atomic E-state index is 12.0. The standard InChI is InChI=1S/C16H18N2O2/c1-12(2)11-20-9-8-18-16(19)14-5-6-15-13(10-14)4-3-7-17-15/h3-7,10H,1,8-9,11H2,2H3,(H,18,19). The Balaban J connectivity index is 1.89. The van der Waals surface area contributed by atoms with Crippen molar-refractivity contribution in [2.45, 2.75) is 6.92 Å². The molecule has 2 rings (SSSR count). The van der Waals surface area contributed by atoms with Gasteiger partial charge in [0.2, 0.25) is 0 Å². The fraction of sp³-hybridized carbons (Fsp3) is 0.250. The number of ether oxygens (including phenoxy) is 1. The summed E-state index contributed by atoms with van der Waals surface area (Å²) in [5, 5.41) is 3.78. The van der Waals surface area contributed by atoms with E-state index in [1.54, 1.807) is 12.3 Å². The summed E-state index contributed by atoms with van der Waals surface area (Å²) in [5.41, 5.74) is 2.48. The van der Waals surface area contributed by atoms with Crippen LogP contribution < -0.4 is 5.32 Å². The van der Waals surface area contributed by atoms with Gasteiger partial charge >= 0.3 is 0 Å². The summed E-state index contributed by atoms with van der Waals surface area (Å²) in [6, 6.07) is 9.26. The normalized spacial score (nSPS) is 10.4. The van der Waals surface area contributed by atoms with Gasteiger partial charge in [-0.25, -0.2) is 0 Å². The van der Waals surface area contributed by atoms with E-state index in [1.165, 1.54) is 0 Å². The average molecular weight is 270 g/mol. The molecule has 0 atom stereocenters. The van der Waals surface area contributed by atoms with Crippen LogP contribution in [0.15, 0.2) is 48.7 Å². The van der Waals surface area contributed by atoms with Crippen LogP contribution in [0.1, 0.15) is 17.3 Å². The second-order valence-corrected chi connectivity index (χ2v) is 4.68. The number of fused-ring (bicyclic) bond motifs is 1. The summed E-state index contributed by atoms with van der Waals surface area (Å²) in [7, 11) is 0. The molecule has 0 spiro atoms. The van der Waals surface area contributed by atoms with Gasteiger partial charge in [0.05, 0.1) is 18.7 Å². The Morgan fingerprint density at radius 2 is 2.25 bits per heavy atom. The highest BCUT2D eigenvalue weighted by Gasteiger charge is 2.05. The van der Waals surface area contributed by atoms with Crippen LogP contribution in [0.25, 0.3) is 10.9 Å². The van der Waals surface area contributed by atoms with Crippen LogP contribution in [0, 0.1) is 0 Å². The number of aromatic nitrogens is 1. The Labute approximate surface area is 118 Å². The van der Waals surface area contributed by atoms with Crippen molar-refractivity contribution in [1.82, 2.24) is 10.3 Å². The first-order valence-corrected chi connectivity index (χ1v) is 6.52. The molecule has 2 aromatic rings. The molecule has 0 aliphatic heterocycles. The molecule has 0 saturated heterocycles. The lowest BCUT2D eigenvalue weighted by atomic mass is 10.1. The van der Waals surface area contributed by atoms with Crippen molar-refractivity contribution < 1.29 is 9.53 Å². The van der Waals surface area contributed by atoms with Crippen molar-refractivity contribution in [3.05, 3.63) is 54.2 Å². The molecule has 0 bridgehead atoms. The van der Waals surface area contributed by atoms with Crippen LogP contribution in [0.2, 0.25) is 0 Å². The van der Waals surface area contributed by atoms with Crippen LogP contribution in [-0.2, 0) is 4.74 Å². The molecule has 1 aromatic heterocycles. The number of carbonyl (C=O) groups is 1. The molecule has 0 saturated carbocycles. The van der Waals surface area contributed by atoms with Gasteiger partial charge in [-0.05, 0) is 31.2 Å². The van der Waals surface area contributed by atoms with Gasteiger partial charge in [-0.3, -0.25) is 9.78 Å². The molecule has 1 aromatic carbocycles. The minimum atomic E-state index is -0.102. The molecule has 0 unspecified atom stereocenters. The van der Waals surface area contributed by atoms with Crippen LogP contribution >= 0.6 is 0 Å². The molecule has 4 nitrogen and oxygen atoms in total. The average Bonchev–Trinajstić information content (AvgIpc) is 2.46. The van der Waals surface area contributed by atoms with Crippen LogP contribution in [0.3, 0.4) is 0 Å². The number of amides is 1. The largest absolute Gasteiger partial charge is 0.375 e. The predicted octanol–water partition coefficient (Wildman–Crippen LogP) is 2.56. The van der Waals surface area contributed by atoms with Gasteiger partial charge in [0.15, 0.2) is 0 Å². The lowest BCUT2D eigenvalue weighted by Crippen LogP contribution is -2.27. The van der Waals surface area contributed by atoms with Crippen molar-refractivity contribution in [3.63, 3.8) is 0 Å². The van der Waals surface area contributed by atoms with E-state index >= 15 is 0 Å². The van der Waals surface area contributed by atoms with E-state index in [1.807, 2.05) is 31.2 Å². The number of nitrogens with one attached hydrogen (secondary N) is 1. The van der Waals surface area contributed by atoms with E-state index in [9.17, 15) is 4.79 Å². The second kappa shape index (κ2) is 6.82. The highest BCUT2D eigenvalue weighted by molar-refractivity contribution is 5.97. The number of carbonyl (C=O) groups excluding carboxylic acids is 1. The van der Waals surface area contributed by atoms with Crippen molar-refractivity contribution >= 4 is 16.8 Å². The lowest BCUT2D eigenvalue weighted by molar-refractivity contribution is 0.0927. The fourth-order valence-corrected chi connectivity index (χ4v) is 1.80. The lowest BCUT2D eigenvalue weighted by Gasteiger charge is -2.07. The number of benzene rings is 1. The molecule has 104 valence electrons. The SMILES string of the molecule is C=C(C)COCCNC(=O)c1ccc2ncccc2c1. The molecule has 4 heteroatoms. The first-order valence-electron chi connectivity index (χ1n) is 6.52. The van der Waals surface area contributed by atoms with Crippen LogP contribution in [-0.4, -0.2) is 30.6 Å². The van der Waals surface area contributed by atoms with Gasteiger partial charge in [-0.2, -0.15) is 0 Å². The summed E-state index contributed by atoms with van der Waals surface area (Å²) in [4.78, 5) is 16.2. The van der Waals surface area contributed by atoms with E-state index < -0.39 is 0 Å². The Morgan fingerprint density at radius 3 is 3.05 bits per heavy atom. The van der Waals surface area contributed by atoms with Gasteiger partial charge in [-0.15, -0.1) is 0 Å². The van der Waals surface area contributed by atoms with E-state index in [0.29, 0.717) is 25.3 Å². The molecular formula is C16H18N2O2. The van der Waals surface area contributed by atoms with Crippen molar-refractivity contribution in [2.75, 3.05) is 19.8 Å². The van der Waals surface area contributed by atoms with E-state index in [0.717, 1.165) is 16.5 Å². The molecule has 1 amide bonds. The summed E-state index contributed by atoms with van der Waals surface area (Å²) < 4.78 is 5.33. The monoisotopic (exact) mass is 270 g/mol. The molecule has 0 fully saturated rings. The fourth-order valence-electron chi connectivity index (χ4n) is 1.80. The Morgan fingerprint density at radius 1 is 1.40 bits per heavy atom. The number of rotatable bonds is 6. The third kappa shape index (κ3) is 3.90. The number of pyridine rings is 1. The first kappa shape index (κ1) is 14.2. The Bertz CT molecular complexity index is 623. The summed E-state index contributed by atoms with van der Waals surface area (Å²) in [5.74, 6) is -0.102. The molecular weight excluding hydrogens is 252 g/mol. The van der Waals surface area contributed by atoms with Gasteiger partial charge in [0.1, 0.15) is 0 Å². The highest BCUT2D eigenvalue weighted by atomic mass is 16.5. The third-order valence-corrected chi connectivity index (χ3v) is 2.75. The summed E-state index contributed by atoms with van der Waals surface area (Å²) in [6.07, 6.45) is 1.74. The molecule has 20 heavy (non-hydrogen) atoms. The minimum Gasteiger partial charge on any atom is -0.375 e. The zero-order chi connectivity index (χ0) is 14.4. The van der Waals surface area contributed by atoms with Crippen molar-refractivity contribution in [3.8, 4) is 0 Å². The number of hydrogen-bond donors (Lipinski definition) is 1. The minimum absolute atomic E-state index is 0.102. The highest BCUT2D eigenvalue weighted by Crippen LogP contribution is 2.13. The van der Waals surface area contributed by atoms with Crippen LogP contribution in [0.4, 0.5) is 0 Å². The molecule has 1 N–H and O–H groups in total. The smallest absolute Gasteiger partial charge is 0.251 e. The molecule has 0 aliphatic carbocycles. The zero-order valence-electron chi connectivity index (χ0n) is 11.6. The zero-order valence-corrected chi connectivity index (χ0v) is 11.6. The van der Waals surface area contributed by atoms with Gasteiger partial charge in [0, 0.05) is 23.7 Å². The van der Waals surface area contributed by atoms with Crippen LogP contribution in [0.5, 0.6) is 0 Å². The molecule has 0 aliphatic rings. The maximum absolute atomic E-state index is 12.0. The number of nitrogens with zero attached hydrogens (tertiary/aromatic N) is 1. The van der Waals surface area contributed by atoms with Crippen molar-refractivity contribution in [1.29, 1.82) is 0 Å². The first-order chi connectivity index (χ1) is 9.66. The topological polar surface area (TPSA) is 51.2 Å². The number of hydrogen-bond acceptors (Lipinski definition) is 3. The second-order valence-electron chi connectivity index (χ2n) is 4.68. The summed E-state index contributed by atoms with van der Waals surface area (Å²) in [6.45, 7) is 7.14. The Hall–Kier alpha value is -2.20. The predicted molar refractivity (Wildman–Crippen MR) is 79.7 cm³/mol. The van der Waals surface area contributed by atoms with Crippen molar-refractivity contribution in [2.24, 2.45) is 0 Å². The Kier molecular flexibility index (Phi) is 4.85. The van der Waals surface area contributed by atoms with E-state index in [-0.39, 0.29) is 5.91 Å². The summed E-state index contributed by atoms with van der Waals surface area (Å²) >= 11 is 0. The molecule has 0 radical (unpaired) electrons. The quantitative estimate of drug-likeness (QED) is 0.648. The van der Waals surface area contributed by atoms with Gasteiger partial charge in [0.25, 0.3) is 5.91 Å². The van der Waals surface area contributed by atoms with Gasteiger partial charge < -0.3 is 10.1 Å². The van der Waals surface area contributed by atoms with E-state index in [4.69, 9.17) is 4.74 Å². The third-order valence-electron chi connectivity index (χ3n) is 2.75. The van der Waals surface area contributed by atoms with Gasteiger partial charge in [-0.1, -0.05) is 18.2 Å². The molecule has 1 heterocycles. The van der Waals surface area contributed by atoms with E-state index in [2.05, 4.69) is 16.9 Å².